The first-order valence-corrected chi connectivity index (χ1v) is 10.1. The van der Waals surface area contributed by atoms with Crippen LogP contribution in [0.5, 0.6) is 0 Å². The zero-order chi connectivity index (χ0) is 18.6. The molecule has 0 N–H and O–H groups in total. The Morgan fingerprint density at radius 2 is 1.69 bits per heavy atom. The molecule has 0 bridgehead atoms. The maximum Gasteiger partial charge on any atom is 0.0829 e. The van der Waals surface area contributed by atoms with Gasteiger partial charge in [-0.1, -0.05) is 0 Å². The highest BCUT2D eigenvalue weighted by molar-refractivity contribution is 4.90. The van der Waals surface area contributed by atoms with Crippen molar-refractivity contribution in [1.29, 1.82) is 0 Å². The summed E-state index contributed by atoms with van der Waals surface area (Å²) in [5, 5.41) is 0. The average Bonchev–Trinajstić information content (AvgIpc) is 2.45. The molecule has 0 aromatic rings. The second-order valence-corrected chi connectivity index (χ2v) is 9.23. The van der Waals surface area contributed by atoms with Crippen molar-refractivity contribution in [1.82, 2.24) is 4.90 Å². The van der Waals surface area contributed by atoms with E-state index in [2.05, 4.69) is 25.7 Å². The normalized spacial score (nSPS) is 29.1. The van der Waals surface area contributed by atoms with Crippen LogP contribution in [0, 0.1) is 5.41 Å². The smallest absolute Gasteiger partial charge is 0.0829 e. The van der Waals surface area contributed by atoms with Gasteiger partial charge in [-0.25, -0.2) is 0 Å². The molecule has 3 rings (SSSR count). The molecule has 0 amide bonds. The van der Waals surface area contributed by atoms with Gasteiger partial charge in [0.1, 0.15) is 0 Å². The molecule has 2 aliphatic heterocycles. The lowest BCUT2D eigenvalue weighted by molar-refractivity contribution is -0.200. The van der Waals surface area contributed by atoms with Crippen molar-refractivity contribution >= 4 is 0 Å². The third-order valence-corrected chi connectivity index (χ3v) is 5.82. The lowest BCUT2D eigenvalue weighted by Crippen LogP contribution is -2.59. The summed E-state index contributed by atoms with van der Waals surface area (Å²) >= 11 is 0. The molecule has 2 heterocycles. The Labute approximate surface area is 158 Å². The summed E-state index contributed by atoms with van der Waals surface area (Å²) in [5.41, 5.74) is 0.314. The van der Waals surface area contributed by atoms with Crippen molar-refractivity contribution in [3.8, 4) is 0 Å². The van der Waals surface area contributed by atoms with Crippen LogP contribution in [0.15, 0.2) is 0 Å². The van der Waals surface area contributed by atoms with Crippen molar-refractivity contribution in [2.45, 2.75) is 63.9 Å². The second-order valence-electron chi connectivity index (χ2n) is 9.23. The quantitative estimate of drug-likeness (QED) is 0.519. The van der Waals surface area contributed by atoms with Gasteiger partial charge in [0.2, 0.25) is 0 Å². The zero-order valence-electron chi connectivity index (χ0n) is 17.0. The van der Waals surface area contributed by atoms with Crippen molar-refractivity contribution in [3.05, 3.63) is 0 Å². The number of likely N-dealkylation sites (tertiary alicyclic amines) is 1. The van der Waals surface area contributed by atoms with E-state index in [1.807, 2.05) is 0 Å². The Hall–Kier alpha value is -0.240. The number of hydrogen-bond acceptors (Lipinski definition) is 6. The van der Waals surface area contributed by atoms with E-state index in [1.165, 1.54) is 0 Å². The zero-order valence-corrected chi connectivity index (χ0v) is 17.0. The number of rotatable bonds is 11. The monoisotopic (exact) mass is 371 g/mol. The van der Waals surface area contributed by atoms with Crippen LogP contribution in [-0.4, -0.2) is 88.6 Å². The predicted molar refractivity (Wildman–Crippen MR) is 99.5 cm³/mol. The molecule has 0 aromatic carbocycles. The van der Waals surface area contributed by atoms with E-state index in [-0.39, 0.29) is 11.0 Å². The van der Waals surface area contributed by atoms with Crippen molar-refractivity contribution in [3.63, 3.8) is 0 Å². The molecule has 1 saturated carbocycles. The summed E-state index contributed by atoms with van der Waals surface area (Å²) in [4.78, 5) is 2.45. The minimum Gasteiger partial charge on any atom is -0.381 e. The molecule has 0 atom stereocenters. The summed E-state index contributed by atoms with van der Waals surface area (Å²) < 4.78 is 28.6. The van der Waals surface area contributed by atoms with Crippen LogP contribution in [0.25, 0.3) is 0 Å². The minimum atomic E-state index is 0.0558. The van der Waals surface area contributed by atoms with Crippen LogP contribution in [0.4, 0.5) is 0 Å². The second kappa shape index (κ2) is 8.84. The van der Waals surface area contributed by atoms with E-state index < -0.39 is 0 Å². The third kappa shape index (κ3) is 5.40. The molecule has 152 valence electrons. The number of nitrogens with zero attached hydrogens (tertiary/aromatic N) is 1. The summed E-state index contributed by atoms with van der Waals surface area (Å²) in [6.45, 7) is 13.3. The van der Waals surface area contributed by atoms with Gasteiger partial charge in [0.15, 0.2) is 0 Å². The SMILES string of the molecule is COC1CC(OCC2(COCCCOC3CN(C(C)(C)C)C3)COC2)C1. The van der Waals surface area contributed by atoms with Crippen LogP contribution < -0.4 is 0 Å². The Bertz CT molecular complexity index is 422. The minimum absolute atomic E-state index is 0.0558. The average molecular weight is 372 g/mol. The predicted octanol–water partition coefficient (Wildman–Crippen LogP) is 2.10. The van der Waals surface area contributed by atoms with E-state index in [1.54, 1.807) is 7.11 Å². The van der Waals surface area contributed by atoms with Crippen LogP contribution in [0.3, 0.4) is 0 Å². The first kappa shape index (κ1) is 20.5. The van der Waals surface area contributed by atoms with E-state index in [9.17, 15) is 0 Å². The summed E-state index contributed by atoms with van der Waals surface area (Å²) in [7, 11) is 1.77. The Morgan fingerprint density at radius 1 is 0.962 bits per heavy atom. The van der Waals surface area contributed by atoms with Gasteiger partial charge in [-0.15, -0.1) is 0 Å². The van der Waals surface area contributed by atoms with E-state index in [4.69, 9.17) is 23.7 Å². The molecular formula is C20H37NO5. The largest absolute Gasteiger partial charge is 0.381 e. The standard InChI is InChI=1S/C20H37NO5/c1-19(2,3)21-10-18(11-21)25-7-5-6-23-12-20(13-24-14-20)15-26-17-8-16(9-17)22-4/h16-18H,5-15H2,1-4H3. The molecule has 0 aromatic heterocycles. The summed E-state index contributed by atoms with van der Waals surface area (Å²) in [6.07, 6.45) is 4.10. The molecule has 6 heteroatoms. The van der Waals surface area contributed by atoms with E-state index in [0.717, 1.165) is 65.4 Å². The lowest BCUT2D eigenvalue weighted by atomic mass is 9.87. The van der Waals surface area contributed by atoms with Crippen LogP contribution in [0.1, 0.15) is 40.0 Å². The van der Waals surface area contributed by atoms with Gasteiger partial charge in [0.25, 0.3) is 0 Å². The van der Waals surface area contributed by atoms with Crippen LogP contribution in [-0.2, 0) is 23.7 Å². The van der Waals surface area contributed by atoms with Gasteiger partial charge < -0.3 is 23.7 Å². The highest BCUT2D eigenvalue weighted by Crippen LogP contribution is 2.32. The Kier molecular flexibility index (Phi) is 6.97. The van der Waals surface area contributed by atoms with Gasteiger partial charge in [-0.2, -0.15) is 0 Å². The molecule has 3 fully saturated rings. The highest BCUT2D eigenvalue weighted by atomic mass is 16.5. The van der Waals surface area contributed by atoms with Gasteiger partial charge >= 0.3 is 0 Å². The van der Waals surface area contributed by atoms with Crippen LogP contribution >= 0.6 is 0 Å². The molecule has 0 unspecified atom stereocenters. The van der Waals surface area contributed by atoms with Gasteiger partial charge in [-0.3, -0.25) is 4.90 Å². The topological polar surface area (TPSA) is 49.4 Å². The van der Waals surface area contributed by atoms with Gasteiger partial charge in [0, 0.05) is 39.0 Å². The van der Waals surface area contributed by atoms with Gasteiger partial charge in [0.05, 0.1) is 50.2 Å². The maximum atomic E-state index is 6.02. The maximum absolute atomic E-state index is 6.02. The number of methoxy groups -OCH3 is 1. The first-order valence-electron chi connectivity index (χ1n) is 10.1. The molecule has 0 spiro atoms. The highest BCUT2D eigenvalue weighted by Gasteiger charge is 2.41. The third-order valence-electron chi connectivity index (χ3n) is 5.82. The summed E-state index contributed by atoms with van der Waals surface area (Å²) in [6, 6.07) is 0. The molecule has 6 nitrogen and oxygen atoms in total. The van der Waals surface area contributed by atoms with E-state index >= 15 is 0 Å². The van der Waals surface area contributed by atoms with Crippen molar-refractivity contribution in [2.75, 3.05) is 59.8 Å². The Morgan fingerprint density at radius 3 is 2.27 bits per heavy atom. The number of ether oxygens (including phenoxy) is 5. The van der Waals surface area contributed by atoms with Crippen molar-refractivity contribution < 1.29 is 23.7 Å². The molecule has 1 aliphatic carbocycles. The molecule has 0 radical (unpaired) electrons. The van der Waals surface area contributed by atoms with Crippen molar-refractivity contribution in [2.24, 2.45) is 5.41 Å². The molecule has 2 saturated heterocycles. The molecule has 26 heavy (non-hydrogen) atoms. The molecule has 3 aliphatic rings. The lowest BCUT2D eigenvalue weighted by Gasteiger charge is -2.47. The number of hydrogen-bond donors (Lipinski definition) is 0. The Balaban J connectivity index is 1.19. The fourth-order valence-corrected chi connectivity index (χ4v) is 3.53. The van der Waals surface area contributed by atoms with Gasteiger partial charge in [-0.05, 0) is 40.0 Å². The van der Waals surface area contributed by atoms with Crippen LogP contribution in [0.2, 0.25) is 0 Å². The fourth-order valence-electron chi connectivity index (χ4n) is 3.53. The fraction of sp³-hybridized carbons (Fsp3) is 1.00. The molecular weight excluding hydrogens is 334 g/mol. The first-order chi connectivity index (χ1) is 12.4. The van der Waals surface area contributed by atoms with E-state index in [0.29, 0.717) is 24.9 Å². The summed E-state index contributed by atoms with van der Waals surface area (Å²) in [5.74, 6) is 0.